The quantitative estimate of drug-likeness (QED) is 0.666. The van der Waals surface area contributed by atoms with E-state index in [9.17, 15) is 0 Å². The van der Waals surface area contributed by atoms with E-state index in [-0.39, 0.29) is 0 Å². The molecule has 1 N–H and O–H groups in total. The molecule has 0 radical (unpaired) electrons. The van der Waals surface area contributed by atoms with Crippen LogP contribution in [0.5, 0.6) is 0 Å². The third kappa shape index (κ3) is 4.81. The first-order chi connectivity index (χ1) is 7.84. The van der Waals surface area contributed by atoms with Gasteiger partial charge in [-0.05, 0) is 51.6 Å². The van der Waals surface area contributed by atoms with Crippen LogP contribution in [0.1, 0.15) is 32.1 Å². The smallest absolute Gasteiger partial charge is 0.0701 e. The zero-order chi connectivity index (χ0) is 11.2. The van der Waals surface area contributed by atoms with Gasteiger partial charge in [-0.2, -0.15) is 0 Å². The summed E-state index contributed by atoms with van der Waals surface area (Å²) in [6.45, 7) is 5.57. The first-order valence-electron chi connectivity index (χ1n) is 6.85. The van der Waals surface area contributed by atoms with Gasteiger partial charge in [0.05, 0.1) is 6.10 Å². The molecule has 0 aromatic carbocycles. The lowest BCUT2D eigenvalue weighted by atomic mass is 10.1. The van der Waals surface area contributed by atoms with E-state index in [1.807, 2.05) is 0 Å². The van der Waals surface area contributed by atoms with Gasteiger partial charge in [0.15, 0.2) is 0 Å². The second-order valence-corrected chi connectivity index (χ2v) is 5.40. The molecule has 1 aliphatic heterocycles. The van der Waals surface area contributed by atoms with Crippen molar-refractivity contribution >= 4 is 0 Å². The van der Waals surface area contributed by atoms with Crippen LogP contribution in [0.3, 0.4) is 0 Å². The molecule has 94 valence electrons. The highest BCUT2D eigenvalue weighted by atomic mass is 16.5. The van der Waals surface area contributed by atoms with Crippen molar-refractivity contribution in [1.29, 1.82) is 0 Å². The Kier molecular flexibility index (Phi) is 5.07. The van der Waals surface area contributed by atoms with Gasteiger partial charge in [0.1, 0.15) is 0 Å². The van der Waals surface area contributed by atoms with Gasteiger partial charge in [0.25, 0.3) is 0 Å². The minimum atomic E-state index is 0.488. The molecule has 0 amide bonds. The fourth-order valence-electron chi connectivity index (χ4n) is 2.29. The standard InChI is InChI=1S/C13H26N2O/c1-15(8-7-14-10-12-5-6-12)11-13-4-2-3-9-16-13/h12-14H,2-11H2,1H3. The molecule has 2 fully saturated rings. The molecule has 1 atom stereocenters. The first kappa shape index (κ1) is 12.3. The molecular formula is C13H26N2O. The lowest BCUT2D eigenvalue weighted by molar-refractivity contribution is -0.00122. The largest absolute Gasteiger partial charge is 0.377 e. The van der Waals surface area contributed by atoms with Crippen LogP contribution in [0.15, 0.2) is 0 Å². The van der Waals surface area contributed by atoms with Crippen LogP contribution in [0, 0.1) is 5.92 Å². The zero-order valence-electron chi connectivity index (χ0n) is 10.6. The van der Waals surface area contributed by atoms with Gasteiger partial charge < -0.3 is 15.0 Å². The van der Waals surface area contributed by atoms with Crippen LogP contribution in [0.4, 0.5) is 0 Å². The zero-order valence-corrected chi connectivity index (χ0v) is 10.6. The van der Waals surface area contributed by atoms with Crippen molar-refractivity contribution < 1.29 is 4.74 Å². The van der Waals surface area contributed by atoms with Gasteiger partial charge in [0.2, 0.25) is 0 Å². The molecule has 0 spiro atoms. The van der Waals surface area contributed by atoms with Gasteiger partial charge in [-0.1, -0.05) is 0 Å². The summed E-state index contributed by atoms with van der Waals surface area (Å²) >= 11 is 0. The van der Waals surface area contributed by atoms with Crippen molar-refractivity contribution in [2.24, 2.45) is 5.92 Å². The molecule has 0 aromatic rings. The summed E-state index contributed by atoms with van der Waals surface area (Å²) in [5, 5.41) is 3.53. The van der Waals surface area contributed by atoms with Crippen molar-refractivity contribution in [1.82, 2.24) is 10.2 Å². The monoisotopic (exact) mass is 226 g/mol. The van der Waals surface area contributed by atoms with E-state index < -0.39 is 0 Å². The molecule has 1 aliphatic carbocycles. The van der Waals surface area contributed by atoms with E-state index in [0.29, 0.717) is 6.10 Å². The Morgan fingerprint density at radius 1 is 1.25 bits per heavy atom. The molecule has 16 heavy (non-hydrogen) atoms. The third-order valence-corrected chi connectivity index (χ3v) is 3.59. The van der Waals surface area contributed by atoms with Crippen molar-refractivity contribution in [3.63, 3.8) is 0 Å². The molecular weight excluding hydrogens is 200 g/mol. The van der Waals surface area contributed by atoms with Gasteiger partial charge in [-0.25, -0.2) is 0 Å². The lowest BCUT2D eigenvalue weighted by Gasteiger charge is -2.27. The second kappa shape index (κ2) is 6.58. The summed E-state index contributed by atoms with van der Waals surface area (Å²) in [5.41, 5.74) is 0. The molecule has 2 aliphatic rings. The predicted octanol–water partition coefficient (Wildman–Crippen LogP) is 1.49. The highest BCUT2D eigenvalue weighted by Gasteiger charge is 2.20. The SMILES string of the molecule is CN(CCNCC1CC1)CC1CCCCO1. The predicted molar refractivity (Wildman–Crippen MR) is 66.7 cm³/mol. The van der Waals surface area contributed by atoms with E-state index in [2.05, 4.69) is 17.3 Å². The number of hydrogen-bond acceptors (Lipinski definition) is 3. The lowest BCUT2D eigenvalue weighted by Crippen LogP contribution is -2.37. The van der Waals surface area contributed by atoms with Crippen LogP contribution in [0.2, 0.25) is 0 Å². The second-order valence-electron chi connectivity index (χ2n) is 5.40. The number of likely N-dealkylation sites (N-methyl/N-ethyl adjacent to an activating group) is 1. The van der Waals surface area contributed by atoms with E-state index in [1.54, 1.807) is 0 Å². The summed E-state index contributed by atoms with van der Waals surface area (Å²) in [5.74, 6) is 0.993. The molecule has 0 bridgehead atoms. The van der Waals surface area contributed by atoms with Crippen LogP contribution in [-0.4, -0.2) is 50.8 Å². The number of ether oxygens (including phenoxy) is 1. The van der Waals surface area contributed by atoms with E-state index in [4.69, 9.17) is 4.74 Å². The Morgan fingerprint density at radius 2 is 2.12 bits per heavy atom. The van der Waals surface area contributed by atoms with E-state index >= 15 is 0 Å². The molecule has 1 unspecified atom stereocenters. The van der Waals surface area contributed by atoms with Crippen molar-refractivity contribution in [2.75, 3.05) is 39.8 Å². The number of rotatable bonds is 7. The maximum Gasteiger partial charge on any atom is 0.0701 e. The Hall–Kier alpha value is -0.120. The average Bonchev–Trinajstić information content (AvgIpc) is 3.10. The fraction of sp³-hybridized carbons (Fsp3) is 1.00. The van der Waals surface area contributed by atoms with Crippen molar-refractivity contribution in [3.8, 4) is 0 Å². The Balaban J connectivity index is 1.47. The number of nitrogens with one attached hydrogen (secondary N) is 1. The molecule has 3 nitrogen and oxygen atoms in total. The molecule has 3 heteroatoms. The molecule has 1 heterocycles. The van der Waals surface area contributed by atoms with Crippen LogP contribution >= 0.6 is 0 Å². The van der Waals surface area contributed by atoms with Gasteiger partial charge in [-0.3, -0.25) is 0 Å². The molecule has 1 saturated heterocycles. The molecule has 0 aromatic heterocycles. The normalized spacial score (nSPS) is 26.2. The first-order valence-corrected chi connectivity index (χ1v) is 6.85. The minimum absolute atomic E-state index is 0.488. The summed E-state index contributed by atoms with van der Waals surface area (Å²) in [6.07, 6.45) is 7.22. The van der Waals surface area contributed by atoms with Crippen molar-refractivity contribution in [2.45, 2.75) is 38.2 Å². The summed E-state index contributed by atoms with van der Waals surface area (Å²) in [7, 11) is 2.21. The summed E-state index contributed by atoms with van der Waals surface area (Å²) < 4.78 is 5.74. The third-order valence-electron chi connectivity index (χ3n) is 3.59. The maximum atomic E-state index is 5.74. The van der Waals surface area contributed by atoms with Crippen LogP contribution < -0.4 is 5.32 Å². The minimum Gasteiger partial charge on any atom is -0.377 e. The fourth-order valence-corrected chi connectivity index (χ4v) is 2.29. The van der Waals surface area contributed by atoms with E-state index in [1.165, 1.54) is 38.6 Å². The van der Waals surface area contributed by atoms with Crippen LogP contribution in [-0.2, 0) is 4.74 Å². The van der Waals surface area contributed by atoms with E-state index in [0.717, 1.165) is 32.2 Å². The highest BCUT2D eigenvalue weighted by molar-refractivity contribution is 4.75. The maximum absolute atomic E-state index is 5.74. The number of hydrogen-bond donors (Lipinski definition) is 1. The number of nitrogens with zero attached hydrogens (tertiary/aromatic N) is 1. The average molecular weight is 226 g/mol. The Morgan fingerprint density at radius 3 is 2.81 bits per heavy atom. The summed E-state index contributed by atoms with van der Waals surface area (Å²) in [4.78, 5) is 2.40. The Bertz CT molecular complexity index is 188. The highest BCUT2D eigenvalue weighted by Crippen LogP contribution is 2.27. The van der Waals surface area contributed by atoms with Gasteiger partial charge >= 0.3 is 0 Å². The van der Waals surface area contributed by atoms with Crippen LogP contribution in [0.25, 0.3) is 0 Å². The topological polar surface area (TPSA) is 24.5 Å². The van der Waals surface area contributed by atoms with Crippen molar-refractivity contribution in [3.05, 3.63) is 0 Å². The Labute approximate surface area is 99.5 Å². The summed E-state index contributed by atoms with van der Waals surface area (Å²) in [6, 6.07) is 0. The van der Waals surface area contributed by atoms with Gasteiger partial charge in [-0.15, -0.1) is 0 Å². The molecule has 1 saturated carbocycles. The van der Waals surface area contributed by atoms with Gasteiger partial charge in [0, 0.05) is 26.2 Å². The molecule has 2 rings (SSSR count).